The zero-order valence-corrected chi connectivity index (χ0v) is 9.10. The zero-order valence-electron chi connectivity index (χ0n) is 9.10. The van der Waals surface area contributed by atoms with Crippen LogP contribution >= 0.6 is 0 Å². The Kier molecular flexibility index (Phi) is 4.51. The summed E-state index contributed by atoms with van der Waals surface area (Å²) >= 11 is 0. The fourth-order valence-corrected chi connectivity index (χ4v) is 1.22. The maximum absolute atomic E-state index is 10.8. The molecule has 0 unspecified atom stereocenters. The van der Waals surface area contributed by atoms with Gasteiger partial charge in [-0.2, -0.15) is 0 Å². The van der Waals surface area contributed by atoms with Gasteiger partial charge in [-0.05, 0) is 31.0 Å². The number of carboxylic acids is 1. The number of aryl methyl sites for hydroxylation is 1. The van der Waals surface area contributed by atoms with Crippen LogP contribution in [0.1, 0.15) is 18.9 Å². The molecule has 1 aromatic carbocycles. The van der Waals surface area contributed by atoms with Crippen molar-refractivity contribution in [1.29, 1.82) is 0 Å². The van der Waals surface area contributed by atoms with Crippen LogP contribution < -0.4 is 4.74 Å². The van der Waals surface area contributed by atoms with E-state index in [4.69, 9.17) is 9.84 Å². The zero-order chi connectivity index (χ0) is 12.0. The van der Waals surface area contributed by atoms with Gasteiger partial charge in [0.25, 0.3) is 0 Å². The molecule has 0 bridgehead atoms. The average Bonchev–Trinajstić information content (AvgIpc) is 2.25. The van der Waals surface area contributed by atoms with Gasteiger partial charge < -0.3 is 14.6 Å². The summed E-state index contributed by atoms with van der Waals surface area (Å²) in [6.07, 6.45) is 1.23. The monoisotopic (exact) mass is 222 g/mol. The van der Waals surface area contributed by atoms with Gasteiger partial charge >= 0.3 is 5.97 Å². The molecule has 0 atom stereocenters. The lowest BCUT2D eigenvalue weighted by Crippen LogP contribution is -2.09. The number of hydrogen-bond acceptors (Lipinski definition) is 3. The summed E-state index contributed by atoms with van der Waals surface area (Å²) in [6, 6.07) is 7.08. The largest absolute Gasteiger partial charge is 0.482 e. The fourth-order valence-electron chi connectivity index (χ4n) is 1.22. The van der Waals surface area contributed by atoms with Crippen molar-refractivity contribution in [2.75, 3.05) is 6.61 Å². The maximum atomic E-state index is 10.8. The molecule has 0 saturated carbocycles. The van der Waals surface area contributed by atoms with Crippen molar-refractivity contribution >= 4 is 11.8 Å². The Morgan fingerprint density at radius 2 is 1.88 bits per heavy atom. The first-order chi connectivity index (χ1) is 7.58. The van der Waals surface area contributed by atoms with Crippen molar-refractivity contribution in [3.8, 4) is 5.75 Å². The van der Waals surface area contributed by atoms with Crippen LogP contribution in [-0.2, 0) is 16.0 Å². The van der Waals surface area contributed by atoms with Gasteiger partial charge in [-0.25, -0.2) is 4.79 Å². The molecule has 0 radical (unpaired) electrons. The van der Waals surface area contributed by atoms with Gasteiger partial charge in [-0.15, -0.1) is 0 Å². The molecule has 0 amide bonds. The minimum Gasteiger partial charge on any atom is -0.482 e. The second-order valence-electron chi connectivity index (χ2n) is 3.53. The minimum atomic E-state index is -0.999. The average molecular weight is 222 g/mol. The topological polar surface area (TPSA) is 63.6 Å². The molecular formula is C12H14O4. The third-order valence-corrected chi connectivity index (χ3v) is 2.05. The van der Waals surface area contributed by atoms with Gasteiger partial charge in [-0.1, -0.05) is 12.1 Å². The van der Waals surface area contributed by atoms with Gasteiger partial charge in [0.15, 0.2) is 6.61 Å². The predicted octanol–water partition coefficient (Wildman–Crippen LogP) is 1.67. The minimum absolute atomic E-state index is 0.159. The van der Waals surface area contributed by atoms with Crippen molar-refractivity contribution in [1.82, 2.24) is 0 Å². The molecule has 0 aliphatic carbocycles. The van der Waals surface area contributed by atoms with Crippen molar-refractivity contribution in [2.24, 2.45) is 0 Å². The molecule has 0 aliphatic heterocycles. The normalized spacial score (nSPS) is 9.81. The summed E-state index contributed by atoms with van der Waals surface area (Å²) in [5, 5.41) is 8.41. The lowest BCUT2D eigenvalue weighted by molar-refractivity contribution is -0.139. The van der Waals surface area contributed by atoms with Gasteiger partial charge in [0.2, 0.25) is 0 Å². The van der Waals surface area contributed by atoms with E-state index < -0.39 is 5.97 Å². The molecule has 4 heteroatoms. The van der Waals surface area contributed by atoms with E-state index in [0.717, 1.165) is 5.56 Å². The Morgan fingerprint density at radius 1 is 1.25 bits per heavy atom. The number of ether oxygens (including phenoxy) is 1. The Morgan fingerprint density at radius 3 is 2.38 bits per heavy atom. The maximum Gasteiger partial charge on any atom is 0.341 e. The van der Waals surface area contributed by atoms with E-state index in [1.54, 1.807) is 19.1 Å². The van der Waals surface area contributed by atoms with Crippen LogP contribution in [0.25, 0.3) is 0 Å². The smallest absolute Gasteiger partial charge is 0.341 e. The van der Waals surface area contributed by atoms with Crippen molar-refractivity contribution < 1.29 is 19.4 Å². The number of carbonyl (C=O) groups is 2. The van der Waals surface area contributed by atoms with Crippen LogP contribution in [0.3, 0.4) is 0 Å². The first kappa shape index (κ1) is 12.2. The van der Waals surface area contributed by atoms with E-state index >= 15 is 0 Å². The molecule has 0 aliphatic rings. The van der Waals surface area contributed by atoms with Crippen LogP contribution in [-0.4, -0.2) is 23.5 Å². The van der Waals surface area contributed by atoms with E-state index in [9.17, 15) is 9.59 Å². The third kappa shape index (κ3) is 4.59. The SMILES string of the molecule is CC(=O)CCc1ccc(OCC(=O)O)cc1. The van der Waals surface area contributed by atoms with Crippen LogP contribution in [0, 0.1) is 0 Å². The van der Waals surface area contributed by atoms with Gasteiger partial charge in [0.1, 0.15) is 11.5 Å². The molecule has 86 valence electrons. The van der Waals surface area contributed by atoms with Crippen molar-refractivity contribution in [2.45, 2.75) is 19.8 Å². The summed E-state index contributed by atoms with van der Waals surface area (Å²) in [6.45, 7) is 1.22. The van der Waals surface area contributed by atoms with Crippen molar-refractivity contribution in [3.63, 3.8) is 0 Å². The first-order valence-electron chi connectivity index (χ1n) is 5.01. The number of Topliss-reactive ketones (excluding diaryl/α,β-unsaturated/α-hetero) is 1. The Hall–Kier alpha value is -1.84. The highest BCUT2D eigenvalue weighted by Crippen LogP contribution is 2.13. The number of carboxylic acid groups (broad SMARTS) is 1. The van der Waals surface area contributed by atoms with Gasteiger partial charge in [-0.3, -0.25) is 0 Å². The predicted molar refractivity (Wildman–Crippen MR) is 58.6 cm³/mol. The number of benzene rings is 1. The molecule has 0 spiro atoms. The number of ketones is 1. The summed E-state index contributed by atoms with van der Waals surface area (Å²) in [5.74, 6) is -0.319. The first-order valence-corrected chi connectivity index (χ1v) is 5.01. The summed E-state index contributed by atoms with van der Waals surface area (Å²) in [4.78, 5) is 21.0. The fraction of sp³-hybridized carbons (Fsp3) is 0.333. The third-order valence-electron chi connectivity index (χ3n) is 2.05. The van der Waals surface area contributed by atoms with Crippen LogP contribution in [0.15, 0.2) is 24.3 Å². The summed E-state index contributed by atoms with van der Waals surface area (Å²) in [5.41, 5.74) is 1.04. The lowest BCUT2D eigenvalue weighted by atomic mass is 10.1. The van der Waals surface area contributed by atoms with Crippen LogP contribution in [0.4, 0.5) is 0 Å². The van der Waals surface area contributed by atoms with E-state index in [1.165, 1.54) is 0 Å². The molecule has 0 saturated heterocycles. The van der Waals surface area contributed by atoms with E-state index in [2.05, 4.69) is 0 Å². The number of aliphatic carboxylic acids is 1. The number of carbonyl (C=O) groups excluding carboxylic acids is 1. The molecule has 0 aromatic heterocycles. The number of rotatable bonds is 6. The molecule has 0 fully saturated rings. The van der Waals surface area contributed by atoms with Crippen molar-refractivity contribution in [3.05, 3.63) is 29.8 Å². The summed E-state index contributed by atoms with van der Waals surface area (Å²) < 4.78 is 4.98. The molecule has 4 nitrogen and oxygen atoms in total. The molecule has 1 rings (SSSR count). The van der Waals surface area contributed by atoms with E-state index in [0.29, 0.717) is 18.6 Å². The van der Waals surface area contributed by atoms with Gasteiger partial charge in [0, 0.05) is 6.42 Å². The second kappa shape index (κ2) is 5.90. The number of hydrogen-bond donors (Lipinski definition) is 1. The molecule has 1 N–H and O–H groups in total. The van der Waals surface area contributed by atoms with E-state index in [-0.39, 0.29) is 12.4 Å². The van der Waals surface area contributed by atoms with Crippen LogP contribution in [0.5, 0.6) is 5.75 Å². The van der Waals surface area contributed by atoms with Crippen LogP contribution in [0.2, 0.25) is 0 Å². The highest BCUT2D eigenvalue weighted by molar-refractivity contribution is 5.75. The lowest BCUT2D eigenvalue weighted by Gasteiger charge is -2.04. The van der Waals surface area contributed by atoms with E-state index in [1.807, 2.05) is 12.1 Å². The Bertz CT molecular complexity index is 330. The standard InChI is InChI=1S/C12H14O4/c1-9(13)2-3-10-4-6-11(7-5-10)16-8-12(14)15/h4-7H,2-3,8H2,1H3,(H,14,15). The molecular weight excluding hydrogens is 208 g/mol. The molecule has 16 heavy (non-hydrogen) atoms. The molecule has 1 aromatic rings. The summed E-state index contributed by atoms with van der Waals surface area (Å²) in [7, 11) is 0. The highest BCUT2D eigenvalue weighted by Gasteiger charge is 2.00. The Labute approximate surface area is 93.9 Å². The highest BCUT2D eigenvalue weighted by atomic mass is 16.5. The van der Waals surface area contributed by atoms with Gasteiger partial charge in [0.05, 0.1) is 0 Å². The second-order valence-corrected chi connectivity index (χ2v) is 3.53. The quantitative estimate of drug-likeness (QED) is 0.795. The Balaban J connectivity index is 2.47. The molecule has 0 heterocycles.